The molecule has 0 spiro atoms. The zero-order valence-electron chi connectivity index (χ0n) is 11.9. The SMILES string of the molecule is CC(=O)CC1CCCCCN1C(=O)C1CC1(C)C. The molecule has 3 heteroatoms. The van der Waals surface area contributed by atoms with Gasteiger partial charge in [-0.1, -0.05) is 26.7 Å². The van der Waals surface area contributed by atoms with Crippen LogP contribution in [0.5, 0.6) is 0 Å². The molecule has 2 atom stereocenters. The molecule has 1 aliphatic carbocycles. The van der Waals surface area contributed by atoms with Crippen molar-refractivity contribution in [3.8, 4) is 0 Å². The minimum absolute atomic E-state index is 0.161. The highest BCUT2D eigenvalue weighted by Crippen LogP contribution is 2.52. The van der Waals surface area contributed by atoms with Crippen molar-refractivity contribution in [3.05, 3.63) is 0 Å². The Morgan fingerprint density at radius 2 is 1.89 bits per heavy atom. The Hall–Kier alpha value is -0.860. The van der Waals surface area contributed by atoms with Crippen LogP contribution in [-0.4, -0.2) is 29.2 Å². The van der Waals surface area contributed by atoms with E-state index in [0.717, 1.165) is 32.2 Å². The number of carbonyl (C=O) groups is 2. The summed E-state index contributed by atoms with van der Waals surface area (Å²) in [7, 11) is 0. The van der Waals surface area contributed by atoms with E-state index in [1.165, 1.54) is 6.42 Å². The molecule has 1 saturated heterocycles. The second-order valence-corrected chi connectivity index (χ2v) is 6.69. The number of Topliss-reactive ketones (excluding diaryl/α,β-unsaturated/α-hetero) is 1. The molecular weight excluding hydrogens is 226 g/mol. The van der Waals surface area contributed by atoms with Crippen molar-refractivity contribution in [1.82, 2.24) is 4.90 Å². The molecule has 0 aromatic rings. The van der Waals surface area contributed by atoms with Gasteiger partial charge in [0.15, 0.2) is 0 Å². The van der Waals surface area contributed by atoms with E-state index in [4.69, 9.17) is 0 Å². The lowest BCUT2D eigenvalue weighted by atomic mass is 10.0. The number of rotatable bonds is 3. The average Bonchev–Trinajstić information content (AvgIpc) is 2.95. The standard InChI is InChI=1S/C15H25NO2/c1-11(17)9-12-7-5-4-6-8-16(12)14(18)13-10-15(13,2)3/h12-13H,4-10H2,1-3H3. The zero-order valence-corrected chi connectivity index (χ0v) is 11.9. The van der Waals surface area contributed by atoms with Crippen molar-refractivity contribution in [3.63, 3.8) is 0 Å². The van der Waals surface area contributed by atoms with Crippen LogP contribution in [-0.2, 0) is 9.59 Å². The highest BCUT2D eigenvalue weighted by Gasteiger charge is 2.52. The molecule has 1 amide bonds. The smallest absolute Gasteiger partial charge is 0.226 e. The topological polar surface area (TPSA) is 37.4 Å². The van der Waals surface area contributed by atoms with Crippen LogP contribution in [0.2, 0.25) is 0 Å². The fourth-order valence-electron chi connectivity index (χ4n) is 3.10. The first-order chi connectivity index (χ1) is 8.42. The summed E-state index contributed by atoms with van der Waals surface area (Å²) < 4.78 is 0. The first-order valence-corrected chi connectivity index (χ1v) is 7.22. The van der Waals surface area contributed by atoms with Gasteiger partial charge in [-0.25, -0.2) is 0 Å². The minimum atomic E-state index is 0.161. The van der Waals surface area contributed by atoms with Gasteiger partial charge in [0, 0.05) is 24.9 Å². The van der Waals surface area contributed by atoms with E-state index < -0.39 is 0 Å². The third kappa shape index (κ3) is 2.93. The van der Waals surface area contributed by atoms with Gasteiger partial charge in [-0.15, -0.1) is 0 Å². The van der Waals surface area contributed by atoms with Crippen LogP contribution < -0.4 is 0 Å². The fourth-order valence-corrected chi connectivity index (χ4v) is 3.10. The summed E-state index contributed by atoms with van der Waals surface area (Å²) in [6.45, 7) is 6.80. The maximum atomic E-state index is 12.5. The van der Waals surface area contributed by atoms with Crippen LogP contribution in [0.3, 0.4) is 0 Å². The van der Waals surface area contributed by atoms with Gasteiger partial charge in [-0.05, 0) is 31.6 Å². The van der Waals surface area contributed by atoms with E-state index in [9.17, 15) is 9.59 Å². The Kier molecular flexibility index (Phi) is 3.79. The van der Waals surface area contributed by atoms with E-state index in [1.807, 2.05) is 4.90 Å². The van der Waals surface area contributed by atoms with E-state index in [-0.39, 0.29) is 23.2 Å². The summed E-state index contributed by atoms with van der Waals surface area (Å²) >= 11 is 0. The van der Waals surface area contributed by atoms with Crippen LogP contribution in [0.1, 0.15) is 59.3 Å². The molecule has 1 saturated carbocycles. The van der Waals surface area contributed by atoms with Crippen LogP contribution in [0.4, 0.5) is 0 Å². The number of amides is 1. The van der Waals surface area contributed by atoms with Crippen LogP contribution >= 0.6 is 0 Å². The molecule has 18 heavy (non-hydrogen) atoms. The zero-order chi connectivity index (χ0) is 13.3. The van der Waals surface area contributed by atoms with Crippen molar-refractivity contribution in [2.24, 2.45) is 11.3 Å². The van der Waals surface area contributed by atoms with Crippen LogP contribution in [0.25, 0.3) is 0 Å². The Morgan fingerprint density at radius 1 is 1.22 bits per heavy atom. The van der Waals surface area contributed by atoms with Gasteiger partial charge in [0.05, 0.1) is 0 Å². The number of nitrogens with zero attached hydrogens (tertiary/aromatic N) is 1. The Morgan fingerprint density at radius 3 is 2.44 bits per heavy atom. The average molecular weight is 251 g/mol. The number of carbonyl (C=O) groups excluding carboxylic acids is 2. The molecule has 1 aliphatic heterocycles. The Balaban J connectivity index is 2.05. The second kappa shape index (κ2) is 5.02. The Labute approximate surface area is 110 Å². The summed E-state index contributed by atoms with van der Waals surface area (Å²) in [6, 6.07) is 0.161. The molecule has 2 aliphatic rings. The Bertz CT molecular complexity index is 348. The molecule has 1 heterocycles. The van der Waals surface area contributed by atoms with Gasteiger partial charge in [0.25, 0.3) is 0 Å². The maximum Gasteiger partial charge on any atom is 0.226 e. The van der Waals surface area contributed by atoms with Crippen molar-refractivity contribution in [2.75, 3.05) is 6.54 Å². The van der Waals surface area contributed by atoms with Gasteiger partial charge in [-0.2, -0.15) is 0 Å². The van der Waals surface area contributed by atoms with Gasteiger partial charge in [0.2, 0.25) is 5.91 Å². The van der Waals surface area contributed by atoms with Crippen molar-refractivity contribution in [1.29, 1.82) is 0 Å². The van der Waals surface area contributed by atoms with E-state index in [2.05, 4.69) is 13.8 Å². The lowest BCUT2D eigenvalue weighted by Crippen LogP contribution is -2.42. The van der Waals surface area contributed by atoms with Crippen molar-refractivity contribution < 1.29 is 9.59 Å². The molecular formula is C15H25NO2. The predicted octanol–water partition coefficient (Wildman–Crippen LogP) is 2.78. The number of hydrogen-bond donors (Lipinski definition) is 0. The minimum Gasteiger partial charge on any atom is -0.339 e. The molecule has 0 aromatic heterocycles. The van der Waals surface area contributed by atoms with E-state index in [0.29, 0.717) is 12.3 Å². The summed E-state index contributed by atoms with van der Waals surface area (Å²) in [5.41, 5.74) is 0.185. The molecule has 0 radical (unpaired) electrons. The molecule has 2 fully saturated rings. The van der Waals surface area contributed by atoms with Crippen LogP contribution in [0, 0.1) is 11.3 Å². The molecule has 2 unspecified atom stereocenters. The quantitative estimate of drug-likeness (QED) is 0.773. The van der Waals surface area contributed by atoms with Gasteiger partial charge in [0.1, 0.15) is 5.78 Å². The largest absolute Gasteiger partial charge is 0.339 e. The van der Waals surface area contributed by atoms with Gasteiger partial charge < -0.3 is 4.90 Å². The van der Waals surface area contributed by atoms with Crippen LogP contribution in [0.15, 0.2) is 0 Å². The lowest BCUT2D eigenvalue weighted by Gasteiger charge is -2.30. The fraction of sp³-hybridized carbons (Fsp3) is 0.867. The summed E-state index contributed by atoms with van der Waals surface area (Å²) in [5.74, 6) is 0.702. The third-order valence-electron chi connectivity index (χ3n) is 4.49. The normalized spacial score (nSPS) is 30.7. The molecule has 102 valence electrons. The van der Waals surface area contributed by atoms with E-state index in [1.54, 1.807) is 6.92 Å². The molecule has 0 N–H and O–H groups in total. The second-order valence-electron chi connectivity index (χ2n) is 6.69. The van der Waals surface area contributed by atoms with Gasteiger partial charge >= 0.3 is 0 Å². The number of hydrogen-bond acceptors (Lipinski definition) is 2. The third-order valence-corrected chi connectivity index (χ3v) is 4.49. The van der Waals surface area contributed by atoms with E-state index >= 15 is 0 Å². The van der Waals surface area contributed by atoms with Crippen molar-refractivity contribution in [2.45, 2.75) is 65.3 Å². The maximum absolute atomic E-state index is 12.5. The highest BCUT2D eigenvalue weighted by atomic mass is 16.2. The molecule has 2 rings (SSSR count). The summed E-state index contributed by atoms with van der Waals surface area (Å²) in [5, 5.41) is 0. The first kappa shape index (κ1) is 13.6. The first-order valence-electron chi connectivity index (χ1n) is 7.22. The lowest BCUT2D eigenvalue weighted by molar-refractivity contribution is -0.136. The summed E-state index contributed by atoms with van der Waals surface area (Å²) in [6.07, 6.45) is 5.97. The molecule has 0 bridgehead atoms. The highest BCUT2D eigenvalue weighted by molar-refractivity contribution is 5.84. The predicted molar refractivity (Wildman–Crippen MR) is 71.2 cm³/mol. The molecule has 0 aromatic carbocycles. The van der Waals surface area contributed by atoms with Gasteiger partial charge in [-0.3, -0.25) is 9.59 Å². The van der Waals surface area contributed by atoms with Crippen molar-refractivity contribution >= 4 is 11.7 Å². The number of ketones is 1. The monoisotopic (exact) mass is 251 g/mol. The summed E-state index contributed by atoms with van der Waals surface area (Å²) in [4.78, 5) is 25.9. The molecule has 3 nitrogen and oxygen atoms in total. The number of likely N-dealkylation sites (tertiary alicyclic amines) is 1.